The smallest absolute Gasteiger partial charge is 0.268 e. The van der Waals surface area contributed by atoms with Gasteiger partial charge in [0.05, 0.1) is 12.2 Å². The van der Waals surface area contributed by atoms with Crippen molar-refractivity contribution in [2.75, 3.05) is 0 Å². The number of carbonyl (C=O) groups excluding carboxylic acids is 1. The zero-order valence-electron chi connectivity index (χ0n) is 12.8. The Morgan fingerprint density at radius 1 is 1.43 bits per heavy atom. The van der Waals surface area contributed by atoms with Crippen molar-refractivity contribution in [2.45, 2.75) is 25.3 Å². The first-order valence-electron chi connectivity index (χ1n) is 7.72. The number of aromatic nitrogens is 3. The molecule has 1 aliphatic carbocycles. The molecule has 0 radical (unpaired) electrons. The standard InChI is InChI=1S/C17H17FN4O/c1-22-16-4-2-3-14(12(16)9-19-22)21-17(23)15-8-10-7-11(18)5-6-13(10)20-15/h5-9,14,20H,2-4H2,1H3,(H,21,23). The van der Waals surface area contributed by atoms with Crippen LogP contribution in [-0.2, 0) is 13.5 Å². The fourth-order valence-corrected chi connectivity index (χ4v) is 3.32. The van der Waals surface area contributed by atoms with Gasteiger partial charge < -0.3 is 10.3 Å². The summed E-state index contributed by atoms with van der Waals surface area (Å²) in [6.07, 6.45) is 4.75. The van der Waals surface area contributed by atoms with Crippen LogP contribution in [0.2, 0.25) is 0 Å². The predicted molar refractivity (Wildman–Crippen MR) is 84.6 cm³/mol. The SMILES string of the molecule is Cn1ncc2c1CCCC2NC(=O)c1cc2cc(F)ccc2[nH]1. The number of rotatable bonds is 2. The molecule has 2 N–H and O–H groups in total. The van der Waals surface area contributed by atoms with E-state index in [0.717, 1.165) is 30.3 Å². The number of aryl methyl sites for hydroxylation is 1. The van der Waals surface area contributed by atoms with Crippen LogP contribution in [0, 0.1) is 5.82 Å². The second-order valence-electron chi connectivity index (χ2n) is 6.00. The average molecular weight is 312 g/mol. The molecule has 4 rings (SSSR count). The minimum absolute atomic E-state index is 0.0249. The molecule has 1 unspecified atom stereocenters. The number of hydrogen-bond acceptors (Lipinski definition) is 2. The minimum atomic E-state index is -0.309. The summed E-state index contributed by atoms with van der Waals surface area (Å²) in [6, 6.07) is 6.09. The Morgan fingerprint density at radius 3 is 3.17 bits per heavy atom. The molecule has 3 aromatic rings. The Morgan fingerprint density at radius 2 is 2.30 bits per heavy atom. The molecule has 0 aliphatic heterocycles. The maximum Gasteiger partial charge on any atom is 0.268 e. The maximum atomic E-state index is 13.3. The van der Waals surface area contributed by atoms with Crippen molar-refractivity contribution in [3.8, 4) is 0 Å². The molecule has 5 nitrogen and oxygen atoms in total. The molecule has 1 amide bonds. The van der Waals surface area contributed by atoms with Crippen LogP contribution in [0.1, 0.15) is 40.6 Å². The molecule has 0 fully saturated rings. The van der Waals surface area contributed by atoms with E-state index in [2.05, 4.69) is 15.4 Å². The van der Waals surface area contributed by atoms with Crippen LogP contribution in [0.3, 0.4) is 0 Å². The van der Waals surface area contributed by atoms with E-state index in [1.807, 2.05) is 17.9 Å². The molecule has 0 saturated heterocycles. The summed E-state index contributed by atoms with van der Waals surface area (Å²) in [7, 11) is 1.93. The van der Waals surface area contributed by atoms with Crippen molar-refractivity contribution >= 4 is 16.8 Å². The summed E-state index contributed by atoms with van der Waals surface area (Å²) in [4.78, 5) is 15.6. The van der Waals surface area contributed by atoms with Crippen LogP contribution in [0.4, 0.5) is 4.39 Å². The van der Waals surface area contributed by atoms with Gasteiger partial charge in [-0.05, 0) is 43.5 Å². The van der Waals surface area contributed by atoms with Crippen molar-refractivity contribution in [1.82, 2.24) is 20.1 Å². The van der Waals surface area contributed by atoms with Gasteiger partial charge in [-0.1, -0.05) is 0 Å². The van der Waals surface area contributed by atoms with Crippen LogP contribution in [0.5, 0.6) is 0 Å². The lowest BCUT2D eigenvalue weighted by Gasteiger charge is -2.23. The molecule has 0 saturated carbocycles. The Hall–Kier alpha value is -2.63. The summed E-state index contributed by atoms with van der Waals surface area (Å²) in [5.74, 6) is -0.487. The number of hydrogen-bond donors (Lipinski definition) is 2. The number of nitrogens with one attached hydrogen (secondary N) is 2. The highest BCUT2D eigenvalue weighted by Gasteiger charge is 2.25. The molecule has 0 spiro atoms. The van der Waals surface area contributed by atoms with E-state index in [1.165, 1.54) is 17.8 Å². The average Bonchev–Trinajstić information content (AvgIpc) is 3.12. The van der Waals surface area contributed by atoms with Crippen LogP contribution < -0.4 is 5.32 Å². The summed E-state index contributed by atoms with van der Waals surface area (Å²) >= 11 is 0. The zero-order chi connectivity index (χ0) is 16.0. The summed E-state index contributed by atoms with van der Waals surface area (Å²) in [6.45, 7) is 0. The van der Waals surface area contributed by atoms with Gasteiger partial charge in [0.25, 0.3) is 5.91 Å². The van der Waals surface area contributed by atoms with E-state index in [-0.39, 0.29) is 17.8 Å². The van der Waals surface area contributed by atoms with Gasteiger partial charge in [0, 0.05) is 29.2 Å². The fourth-order valence-electron chi connectivity index (χ4n) is 3.32. The van der Waals surface area contributed by atoms with Crippen molar-refractivity contribution in [1.29, 1.82) is 0 Å². The number of fused-ring (bicyclic) bond motifs is 2. The van der Waals surface area contributed by atoms with Crippen LogP contribution in [0.25, 0.3) is 10.9 Å². The van der Waals surface area contributed by atoms with Crippen molar-refractivity contribution < 1.29 is 9.18 Å². The van der Waals surface area contributed by atoms with Gasteiger partial charge in [-0.25, -0.2) is 4.39 Å². The largest absolute Gasteiger partial charge is 0.351 e. The molecule has 1 aromatic carbocycles. The molecular formula is C17H17FN4O. The van der Waals surface area contributed by atoms with E-state index >= 15 is 0 Å². The number of H-pyrrole nitrogens is 1. The Balaban J connectivity index is 1.60. The van der Waals surface area contributed by atoms with Gasteiger partial charge in [-0.3, -0.25) is 9.48 Å². The second-order valence-corrected chi connectivity index (χ2v) is 6.00. The number of aromatic amines is 1. The Kier molecular flexibility index (Phi) is 3.18. The minimum Gasteiger partial charge on any atom is -0.351 e. The van der Waals surface area contributed by atoms with E-state index in [1.54, 1.807) is 12.1 Å². The molecule has 1 aliphatic rings. The summed E-state index contributed by atoms with van der Waals surface area (Å²) < 4.78 is 15.1. The first-order chi connectivity index (χ1) is 11.1. The quantitative estimate of drug-likeness (QED) is 0.764. The molecule has 23 heavy (non-hydrogen) atoms. The van der Waals surface area contributed by atoms with Crippen molar-refractivity contribution in [3.05, 3.63) is 53.2 Å². The number of amides is 1. The van der Waals surface area contributed by atoms with Gasteiger partial charge in [0.2, 0.25) is 0 Å². The first kappa shape index (κ1) is 14.0. The van der Waals surface area contributed by atoms with Gasteiger partial charge >= 0.3 is 0 Å². The third-order valence-electron chi connectivity index (χ3n) is 4.51. The van der Waals surface area contributed by atoms with Crippen LogP contribution in [0.15, 0.2) is 30.5 Å². The third kappa shape index (κ3) is 2.40. The van der Waals surface area contributed by atoms with E-state index < -0.39 is 0 Å². The molecular weight excluding hydrogens is 295 g/mol. The Labute approximate surface area is 132 Å². The second kappa shape index (κ2) is 5.22. The third-order valence-corrected chi connectivity index (χ3v) is 4.51. The monoisotopic (exact) mass is 312 g/mol. The number of nitrogens with zero attached hydrogens (tertiary/aromatic N) is 2. The Bertz CT molecular complexity index is 895. The van der Waals surface area contributed by atoms with Crippen LogP contribution in [-0.4, -0.2) is 20.7 Å². The van der Waals surface area contributed by atoms with E-state index in [4.69, 9.17) is 0 Å². The summed E-state index contributed by atoms with van der Waals surface area (Å²) in [5.41, 5.74) is 3.47. The van der Waals surface area contributed by atoms with Crippen molar-refractivity contribution in [3.63, 3.8) is 0 Å². The fraction of sp³-hybridized carbons (Fsp3) is 0.294. The molecule has 2 heterocycles. The normalized spacial score (nSPS) is 17.2. The molecule has 2 aromatic heterocycles. The van der Waals surface area contributed by atoms with Gasteiger partial charge in [0.15, 0.2) is 0 Å². The lowest BCUT2D eigenvalue weighted by atomic mass is 9.93. The van der Waals surface area contributed by atoms with Crippen molar-refractivity contribution in [2.24, 2.45) is 7.05 Å². The van der Waals surface area contributed by atoms with Gasteiger partial charge in [-0.2, -0.15) is 5.10 Å². The highest BCUT2D eigenvalue weighted by atomic mass is 19.1. The lowest BCUT2D eigenvalue weighted by molar-refractivity contribution is 0.0928. The predicted octanol–water partition coefficient (Wildman–Crippen LogP) is 2.85. The highest BCUT2D eigenvalue weighted by molar-refractivity contribution is 5.98. The van der Waals surface area contributed by atoms with Gasteiger partial charge in [0.1, 0.15) is 11.5 Å². The van der Waals surface area contributed by atoms with Crippen LogP contribution >= 0.6 is 0 Å². The van der Waals surface area contributed by atoms with E-state index in [9.17, 15) is 9.18 Å². The zero-order valence-corrected chi connectivity index (χ0v) is 12.8. The number of benzene rings is 1. The number of halogens is 1. The molecule has 1 atom stereocenters. The topological polar surface area (TPSA) is 62.7 Å². The van der Waals surface area contributed by atoms with E-state index in [0.29, 0.717) is 11.1 Å². The maximum absolute atomic E-state index is 13.3. The highest BCUT2D eigenvalue weighted by Crippen LogP contribution is 2.29. The molecule has 6 heteroatoms. The summed E-state index contributed by atoms with van der Waals surface area (Å²) in [5, 5.41) is 8.05. The molecule has 0 bridgehead atoms. The molecule has 118 valence electrons. The lowest BCUT2D eigenvalue weighted by Crippen LogP contribution is -2.31. The van der Waals surface area contributed by atoms with Gasteiger partial charge in [-0.15, -0.1) is 0 Å². The first-order valence-corrected chi connectivity index (χ1v) is 7.72. The number of carbonyl (C=O) groups is 1.